The molecule has 0 bridgehead atoms. The number of halogens is 1. The number of ketones is 2. The number of carbonyl (C=O) groups is 2. The lowest BCUT2D eigenvalue weighted by Crippen LogP contribution is -2.55. The van der Waals surface area contributed by atoms with Crippen LogP contribution in [-0.2, 0) is 4.74 Å². The number of hydrogen-bond donors (Lipinski definition) is 0. The quantitative estimate of drug-likeness (QED) is 0.647. The number of benzene rings is 2. The van der Waals surface area contributed by atoms with Gasteiger partial charge in [-0.2, -0.15) is 0 Å². The van der Waals surface area contributed by atoms with Crippen molar-refractivity contribution in [2.45, 2.75) is 6.04 Å². The summed E-state index contributed by atoms with van der Waals surface area (Å²) in [7, 11) is 0. The Labute approximate surface area is 165 Å². The van der Waals surface area contributed by atoms with Gasteiger partial charge in [0.25, 0.3) is 0 Å². The molecule has 1 fully saturated rings. The molecule has 0 spiro atoms. The SMILES string of the molecule is O=C1C(=Nc2ccc(I)cc2)C(N2CCOCC2)C(=O)c2ccccc21. The fraction of sp³-hybridized carbons (Fsp3) is 0.250. The molecule has 132 valence electrons. The van der Waals surface area contributed by atoms with Gasteiger partial charge < -0.3 is 4.74 Å². The Morgan fingerprint density at radius 3 is 2.31 bits per heavy atom. The van der Waals surface area contributed by atoms with Crippen LogP contribution >= 0.6 is 22.6 Å². The van der Waals surface area contributed by atoms with Gasteiger partial charge in [-0.3, -0.25) is 14.5 Å². The highest BCUT2D eigenvalue weighted by Crippen LogP contribution is 2.26. The van der Waals surface area contributed by atoms with Crippen molar-refractivity contribution in [1.29, 1.82) is 0 Å². The van der Waals surface area contributed by atoms with Crippen LogP contribution in [0.2, 0.25) is 0 Å². The van der Waals surface area contributed by atoms with Crippen molar-refractivity contribution in [3.05, 3.63) is 63.2 Å². The minimum absolute atomic E-state index is 0.0636. The van der Waals surface area contributed by atoms with Gasteiger partial charge in [0.1, 0.15) is 11.8 Å². The molecule has 2 aliphatic rings. The van der Waals surface area contributed by atoms with Gasteiger partial charge in [0.05, 0.1) is 18.9 Å². The van der Waals surface area contributed by atoms with E-state index in [1.54, 1.807) is 24.3 Å². The molecule has 0 saturated carbocycles. The Morgan fingerprint density at radius 2 is 1.62 bits per heavy atom. The second-order valence-electron chi connectivity index (χ2n) is 6.26. The van der Waals surface area contributed by atoms with Gasteiger partial charge >= 0.3 is 0 Å². The summed E-state index contributed by atoms with van der Waals surface area (Å²) in [6.07, 6.45) is 0. The van der Waals surface area contributed by atoms with E-state index in [-0.39, 0.29) is 11.6 Å². The van der Waals surface area contributed by atoms with Crippen LogP contribution < -0.4 is 0 Å². The maximum absolute atomic E-state index is 13.2. The van der Waals surface area contributed by atoms with Gasteiger partial charge in [-0.25, -0.2) is 4.99 Å². The molecule has 1 unspecified atom stereocenters. The molecule has 1 aliphatic carbocycles. The first kappa shape index (κ1) is 17.5. The zero-order valence-corrected chi connectivity index (χ0v) is 16.2. The molecule has 0 radical (unpaired) electrons. The fourth-order valence-electron chi connectivity index (χ4n) is 3.37. The van der Waals surface area contributed by atoms with Crippen LogP contribution in [-0.4, -0.2) is 54.5 Å². The Kier molecular flexibility index (Phi) is 4.97. The highest BCUT2D eigenvalue weighted by molar-refractivity contribution is 14.1. The van der Waals surface area contributed by atoms with Crippen LogP contribution in [0.1, 0.15) is 20.7 Å². The van der Waals surface area contributed by atoms with Crippen LogP contribution in [0.25, 0.3) is 0 Å². The highest BCUT2D eigenvalue weighted by Gasteiger charge is 2.42. The average molecular weight is 460 g/mol. The van der Waals surface area contributed by atoms with Crippen molar-refractivity contribution in [3.63, 3.8) is 0 Å². The van der Waals surface area contributed by atoms with Crippen LogP contribution in [0.5, 0.6) is 0 Å². The third-order valence-electron chi connectivity index (χ3n) is 4.66. The lowest BCUT2D eigenvalue weighted by Gasteiger charge is -2.36. The summed E-state index contributed by atoms with van der Waals surface area (Å²) >= 11 is 2.22. The number of nitrogens with zero attached hydrogens (tertiary/aromatic N) is 2. The predicted octanol–water partition coefficient (Wildman–Crippen LogP) is 3.14. The molecule has 0 aromatic heterocycles. The summed E-state index contributed by atoms with van der Waals surface area (Å²) in [5.74, 6) is -0.235. The number of carbonyl (C=O) groups excluding carboxylic acids is 2. The van der Waals surface area contributed by atoms with Gasteiger partial charge in [0, 0.05) is 27.8 Å². The van der Waals surface area contributed by atoms with E-state index in [9.17, 15) is 9.59 Å². The van der Waals surface area contributed by atoms with Crippen molar-refractivity contribution >= 4 is 45.6 Å². The average Bonchev–Trinajstić information content (AvgIpc) is 2.68. The van der Waals surface area contributed by atoms with E-state index >= 15 is 0 Å². The van der Waals surface area contributed by atoms with E-state index in [4.69, 9.17) is 4.74 Å². The standard InChI is InChI=1S/C20H17IN2O3/c21-13-5-7-14(8-6-13)22-17-18(23-9-11-26-12-10-23)20(25)16-4-2-1-3-15(16)19(17)24/h1-8,18H,9-12H2. The zero-order valence-electron chi connectivity index (χ0n) is 14.0. The largest absolute Gasteiger partial charge is 0.379 e. The Morgan fingerprint density at radius 1 is 0.962 bits per heavy atom. The molecule has 2 aromatic carbocycles. The molecular formula is C20H17IN2O3. The second kappa shape index (κ2) is 7.38. The van der Waals surface area contributed by atoms with Crippen molar-refractivity contribution in [2.24, 2.45) is 4.99 Å². The molecule has 2 aromatic rings. The predicted molar refractivity (Wildman–Crippen MR) is 108 cm³/mol. The summed E-state index contributed by atoms with van der Waals surface area (Å²) in [6, 6.07) is 14.0. The minimum atomic E-state index is -0.652. The summed E-state index contributed by atoms with van der Waals surface area (Å²) in [5.41, 5.74) is 1.90. The topological polar surface area (TPSA) is 59.0 Å². The van der Waals surface area contributed by atoms with Gasteiger partial charge in [0.2, 0.25) is 5.78 Å². The summed E-state index contributed by atoms with van der Waals surface area (Å²) in [5, 5.41) is 0. The molecule has 1 saturated heterocycles. The molecule has 5 nitrogen and oxygen atoms in total. The summed E-state index contributed by atoms with van der Waals surface area (Å²) < 4.78 is 6.50. The first-order chi connectivity index (χ1) is 12.6. The van der Waals surface area contributed by atoms with Crippen LogP contribution in [0.15, 0.2) is 53.5 Å². The molecule has 1 aliphatic heterocycles. The Bertz CT molecular complexity index is 886. The van der Waals surface area contributed by atoms with Crippen molar-refractivity contribution < 1.29 is 14.3 Å². The third kappa shape index (κ3) is 3.24. The fourth-order valence-corrected chi connectivity index (χ4v) is 3.73. The normalized spacial score (nSPS) is 22.5. The van der Waals surface area contributed by atoms with Gasteiger partial charge in [-0.05, 0) is 46.9 Å². The lowest BCUT2D eigenvalue weighted by atomic mass is 9.83. The number of rotatable bonds is 2. The van der Waals surface area contributed by atoms with Crippen LogP contribution in [0, 0.1) is 3.57 Å². The molecule has 0 amide bonds. The Balaban J connectivity index is 1.83. The first-order valence-corrected chi connectivity index (χ1v) is 9.57. The maximum Gasteiger partial charge on any atom is 0.210 e. The number of aliphatic imine (C=N–C) groups is 1. The molecule has 1 atom stereocenters. The first-order valence-electron chi connectivity index (χ1n) is 8.49. The Hall–Kier alpha value is -1.90. The molecule has 26 heavy (non-hydrogen) atoms. The van der Waals surface area contributed by atoms with E-state index in [1.807, 2.05) is 29.2 Å². The second-order valence-corrected chi connectivity index (χ2v) is 7.51. The van der Waals surface area contributed by atoms with Crippen LogP contribution in [0.3, 0.4) is 0 Å². The maximum atomic E-state index is 13.2. The number of ether oxygens (including phenoxy) is 1. The number of morpholine rings is 1. The van der Waals surface area contributed by atoms with E-state index in [0.717, 1.165) is 3.57 Å². The number of fused-ring (bicyclic) bond motifs is 1. The number of hydrogen-bond acceptors (Lipinski definition) is 5. The third-order valence-corrected chi connectivity index (χ3v) is 5.38. The van der Waals surface area contributed by atoms with Gasteiger partial charge in [-0.1, -0.05) is 24.3 Å². The van der Waals surface area contributed by atoms with E-state index < -0.39 is 6.04 Å². The van der Waals surface area contributed by atoms with Crippen LogP contribution in [0.4, 0.5) is 5.69 Å². The monoisotopic (exact) mass is 460 g/mol. The van der Waals surface area contributed by atoms with Gasteiger partial charge in [0.15, 0.2) is 5.78 Å². The number of Topliss-reactive ketones (excluding diaryl/α,β-unsaturated/α-hetero) is 2. The zero-order chi connectivity index (χ0) is 18.1. The minimum Gasteiger partial charge on any atom is -0.379 e. The molecule has 4 rings (SSSR count). The summed E-state index contributed by atoms with van der Waals surface area (Å²) in [6.45, 7) is 2.32. The summed E-state index contributed by atoms with van der Waals surface area (Å²) in [4.78, 5) is 33.0. The van der Waals surface area contributed by atoms with Crippen molar-refractivity contribution in [2.75, 3.05) is 26.3 Å². The van der Waals surface area contributed by atoms with Crippen molar-refractivity contribution in [3.8, 4) is 0 Å². The molecule has 0 N–H and O–H groups in total. The van der Waals surface area contributed by atoms with E-state index in [1.165, 1.54) is 0 Å². The van der Waals surface area contributed by atoms with E-state index in [0.29, 0.717) is 48.8 Å². The van der Waals surface area contributed by atoms with E-state index in [2.05, 4.69) is 27.6 Å². The lowest BCUT2D eigenvalue weighted by molar-refractivity contribution is 0.0278. The van der Waals surface area contributed by atoms with Crippen molar-refractivity contribution in [1.82, 2.24) is 4.90 Å². The smallest absolute Gasteiger partial charge is 0.210 e. The highest BCUT2D eigenvalue weighted by atomic mass is 127. The molecule has 1 heterocycles. The molecular weight excluding hydrogens is 443 g/mol. The molecule has 6 heteroatoms. The van der Waals surface area contributed by atoms with Gasteiger partial charge in [-0.15, -0.1) is 0 Å².